The van der Waals surface area contributed by atoms with Gasteiger partial charge in [-0.2, -0.15) is 13.2 Å². The Hall–Kier alpha value is -1.10. The second kappa shape index (κ2) is 6.89. The Labute approximate surface area is 112 Å². The average molecular weight is 274 g/mol. The molecule has 0 aliphatic rings. The molecular weight excluding hydrogens is 253 g/mol. The first-order valence-electron chi connectivity index (χ1n) is 6.46. The van der Waals surface area contributed by atoms with Gasteiger partial charge in [-0.05, 0) is 57.5 Å². The standard InChI is InChI=1S/C14H21F3N2/c1-11(8-9-19(2)3)4-5-12-6-7-13(18-10-12)14(15,16)17/h6-7,10-11H,4-5,8-9H2,1-3H3/t11-/m0/s1. The zero-order valence-electron chi connectivity index (χ0n) is 11.7. The Kier molecular flexibility index (Phi) is 5.79. The number of aromatic nitrogens is 1. The Morgan fingerprint density at radius 2 is 1.89 bits per heavy atom. The molecule has 0 radical (unpaired) electrons. The molecule has 0 amide bonds. The van der Waals surface area contributed by atoms with Crippen LogP contribution >= 0.6 is 0 Å². The summed E-state index contributed by atoms with van der Waals surface area (Å²) in [4.78, 5) is 5.60. The largest absolute Gasteiger partial charge is 0.433 e. The molecule has 0 aromatic carbocycles. The van der Waals surface area contributed by atoms with Crippen LogP contribution in [0.1, 0.15) is 31.0 Å². The first kappa shape index (κ1) is 16.0. The third-order valence-electron chi connectivity index (χ3n) is 3.11. The number of alkyl halides is 3. The van der Waals surface area contributed by atoms with E-state index in [1.807, 2.05) is 14.1 Å². The molecule has 0 saturated carbocycles. The summed E-state index contributed by atoms with van der Waals surface area (Å²) < 4.78 is 37.0. The van der Waals surface area contributed by atoms with Crippen LogP contribution in [-0.4, -0.2) is 30.5 Å². The van der Waals surface area contributed by atoms with Crippen molar-refractivity contribution in [1.29, 1.82) is 0 Å². The molecular formula is C14H21F3N2. The lowest BCUT2D eigenvalue weighted by Crippen LogP contribution is -2.15. The van der Waals surface area contributed by atoms with Gasteiger partial charge in [-0.15, -0.1) is 0 Å². The minimum Gasteiger partial charge on any atom is -0.309 e. The summed E-state index contributed by atoms with van der Waals surface area (Å²) in [7, 11) is 4.07. The Morgan fingerprint density at radius 3 is 2.37 bits per heavy atom. The number of halogens is 3. The van der Waals surface area contributed by atoms with Crippen molar-refractivity contribution in [1.82, 2.24) is 9.88 Å². The SMILES string of the molecule is C[C@@H](CCc1ccc(C(F)(F)F)nc1)CCN(C)C. The molecule has 0 aliphatic heterocycles. The van der Waals surface area contributed by atoms with Crippen LogP contribution in [0.15, 0.2) is 18.3 Å². The van der Waals surface area contributed by atoms with Crippen LogP contribution in [0.25, 0.3) is 0 Å². The number of hydrogen-bond acceptors (Lipinski definition) is 2. The fourth-order valence-electron chi connectivity index (χ4n) is 1.78. The van der Waals surface area contributed by atoms with E-state index in [4.69, 9.17) is 0 Å². The average Bonchev–Trinajstić information content (AvgIpc) is 2.33. The fourth-order valence-corrected chi connectivity index (χ4v) is 1.78. The quantitative estimate of drug-likeness (QED) is 0.787. The lowest BCUT2D eigenvalue weighted by molar-refractivity contribution is -0.141. The van der Waals surface area contributed by atoms with E-state index in [1.165, 1.54) is 12.3 Å². The van der Waals surface area contributed by atoms with Gasteiger partial charge in [-0.25, -0.2) is 0 Å². The van der Waals surface area contributed by atoms with E-state index < -0.39 is 11.9 Å². The first-order chi connectivity index (χ1) is 8.79. The van der Waals surface area contributed by atoms with Crippen molar-refractivity contribution in [2.45, 2.75) is 32.4 Å². The fraction of sp³-hybridized carbons (Fsp3) is 0.643. The third kappa shape index (κ3) is 6.05. The van der Waals surface area contributed by atoms with Gasteiger partial charge in [-0.3, -0.25) is 4.98 Å². The zero-order valence-corrected chi connectivity index (χ0v) is 11.7. The number of aryl methyl sites for hydroxylation is 1. The van der Waals surface area contributed by atoms with Crippen molar-refractivity contribution in [2.24, 2.45) is 5.92 Å². The molecule has 1 aromatic heterocycles. The molecule has 5 heteroatoms. The molecule has 1 heterocycles. The summed E-state index contributed by atoms with van der Waals surface area (Å²) >= 11 is 0. The van der Waals surface area contributed by atoms with E-state index in [2.05, 4.69) is 16.8 Å². The third-order valence-corrected chi connectivity index (χ3v) is 3.11. The highest BCUT2D eigenvalue weighted by molar-refractivity contribution is 5.16. The number of nitrogens with zero attached hydrogens (tertiary/aromatic N) is 2. The molecule has 108 valence electrons. The minimum absolute atomic E-state index is 0.560. The summed E-state index contributed by atoms with van der Waals surface area (Å²) in [6.45, 7) is 3.20. The minimum atomic E-state index is -4.35. The van der Waals surface area contributed by atoms with Gasteiger partial charge in [0.1, 0.15) is 5.69 Å². The van der Waals surface area contributed by atoms with Crippen molar-refractivity contribution in [3.05, 3.63) is 29.6 Å². The van der Waals surface area contributed by atoms with Gasteiger partial charge < -0.3 is 4.90 Å². The highest BCUT2D eigenvalue weighted by Crippen LogP contribution is 2.27. The lowest BCUT2D eigenvalue weighted by atomic mass is 9.99. The highest BCUT2D eigenvalue weighted by atomic mass is 19.4. The predicted octanol–water partition coefficient (Wildman–Crippen LogP) is 3.62. The van der Waals surface area contributed by atoms with Crippen molar-refractivity contribution in [3.63, 3.8) is 0 Å². The van der Waals surface area contributed by atoms with Gasteiger partial charge in [0.25, 0.3) is 0 Å². The van der Waals surface area contributed by atoms with E-state index >= 15 is 0 Å². The molecule has 1 aromatic rings. The van der Waals surface area contributed by atoms with Crippen LogP contribution in [0.2, 0.25) is 0 Å². The Balaban J connectivity index is 2.42. The van der Waals surface area contributed by atoms with E-state index in [1.54, 1.807) is 0 Å². The maximum Gasteiger partial charge on any atom is 0.433 e. The van der Waals surface area contributed by atoms with Gasteiger partial charge in [0.05, 0.1) is 0 Å². The van der Waals surface area contributed by atoms with Gasteiger partial charge in [0.15, 0.2) is 0 Å². The molecule has 1 rings (SSSR count). The number of pyridine rings is 1. The van der Waals surface area contributed by atoms with Crippen LogP contribution in [0.4, 0.5) is 13.2 Å². The molecule has 1 atom stereocenters. The van der Waals surface area contributed by atoms with Crippen LogP contribution in [0, 0.1) is 5.92 Å². The normalized spacial score (nSPS) is 13.8. The second-order valence-corrected chi connectivity index (χ2v) is 5.29. The molecule has 0 spiro atoms. The van der Waals surface area contributed by atoms with Crippen molar-refractivity contribution < 1.29 is 13.2 Å². The van der Waals surface area contributed by atoms with E-state index in [0.717, 1.165) is 37.4 Å². The lowest BCUT2D eigenvalue weighted by Gasteiger charge is -2.15. The summed E-state index contributed by atoms with van der Waals surface area (Å²) in [5, 5.41) is 0. The molecule has 0 aliphatic carbocycles. The van der Waals surface area contributed by atoms with E-state index in [-0.39, 0.29) is 0 Å². The Bertz CT molecular complexity index is 371. The van der Waals surface area contributed by atoms with Gasteiger partial charge in [-0.1, -0.05) is 13.0 Å². The first-order valence-corrected chi connectivity index (χ1v) is 6.46. The van der Waals surface area contributed by atoms with E-state index in [0.29, 0.717) is 5.92 Å². The summed E-state index contributed by atoms with van der Waals surface area (Å²) in [5.74, 6) is 0.560. The summed E-state index contributed by atoms with van der Waals surface area (Å²) in [5.41, 5.74) is 0.0432. The molecule has 0 saturated heterocycles. The van der Waals surface area contributed by atoms with Crippen LogP contribution in [0.5, 0.6) is 0 Å². The molecule has 19 heavy (non-hydrogen) atoms. The highest BCUT2D eigenvalue weighted by Gasteiger charge is 2.31. The number of hydrogen-bond donors (Lipinski definition) is 0. The van der Waals surface area contributed by atoms with Crippen LogP contribution < -0.4 is 0 Å². The molecule has 2 nitrogen and oxygen atoms in total. The Morgan fingerprint density at radius 1 is 1.21 bits per heavy atom. The van der Waals surface area contributed by atoms with Crippen LogP contribution in [0.3, 0.4) is 0 Å². The van der Waals surface area contributed by atoms with Gasteiger partial charge in [0.2, 0.25) is 0 Å². The summed E-state index contributed by atoms with van der Waals surface area (Å²) in [6, 6.07) is 2.58. The van der Waals surface area contributed by atoms with Crippen molar-refractivity contribution >= 4 is 0 Å². The van der Waals surface area contributed by atoms with Gasteiger partial charge >= 0.3 is 6.18 Å². The smallest absolute Gasteiger partial charge is 0.309 e. The molecule has 0 fully saturated rings. The topological polar surface area (TPSA) is 16.1 Å². The zero-order chi connectivity index (χ0) is 14.5. The maximum absolute atomic E-state index is 12.3. The van der Waals surface area contributed by atoms with Crippen molar-refractivity contribution in [3.8, 4) is 0 Å². The van der Waals surface area contributed by atoms with E-state index in [9.17, 15) is 13.2 Å². The monoisotopic (exact) mass is 274 g/mol. The number of rotatable bonds is 6. The maximum atomic E-state index is 12.3. The van der Waals surface area contributed by atoms with Crippen molar-refractivity contribution in [2.75, 3.05) is 20.6 Å². The molecule has 0 N–H and O–H groups in total. The molecule has 0 unspecified atom stereocenters. The molecule has 0 bridgehead atoms. The predicted molar refractivity (Wildman–Crippen MR) is 69.9 cm³/mol. The second-order valence-electron chi connectivity index (χ2n) is 5.29. The van der Waals surface area contributed by atoms with Crippen LogP contribution in [-0.2, 0) is 12.6 Å². The van der Waals surface area contributed by atoms with Gasteiger partial charge in [0, 0.05) is 6.20 Å². The summed E-state index contributed by atoms with van der Waals surface area (Å²) in [6.07, 6.45) is -0.166.